The molecule has 2 aromatic carbocycles. The van der Waals surface area contributed by atoms with Gasteiger partial charge in [0.2, 0.25) is 10.0 Å². The second kappa shape index (κ2) is 8.59. The van der Waals surface area contributed by atoms with Gasteiger partial charge in [-0.15, -0.1) is 0 Å². The van der Waals surface area contributed by atoms with E-state index in [4.69, 9.17) is 5.14 Å². The third-order valence-electron chi connectivity index (χ3n) is 4.03. The average Bonchev–Trinajstić information content (AvgIpc) is 2.72. The maximum Gasteiger partial charge on any atom is 0.239 e. The van der Waals surface area contributed by atoms with Gasteiger partial charge in [0.05, 0.1) is 4.90 Å². The van der Waals surface area contributed by atoms with Crippen molar-refractivity contribution in [3.63, 3.8) is 0 Å². The molecule has 0 saturated carbocycles. The Labute approximate surface area is 174 Å². The Morgan fingerprint density at radius 1 is 0.833 bits per heavy atom. The first-order valence-corrected chi connectivity index (χ1v) is 11.8. The van der Waals surface area contributed by atoms with Crippen molar-refractivity contribution < 1.29 is 21.6 Å². The molecule has 9 heteroatoms. The Morgan fingerprint density at radius 2 is 1.47 bits per heavy atom. The first-order valence-electron chi connectivity index (χ1n) is 8.57. The minimum Gasteiger partial charge on any atom is -0.293 e. The Kier molecular flexibility index (Phi) is 6.12. The first kappa shape index (κ1) is 21.4. The molecule has 2 N–H and O–H groups in total. The minimum absolute atomic E-state index is 0.165. The van der Waals surface area contributed by atoms with E-state index >= 15 is 0 Å². The largest absolute Gasteiger partial charge is 0.293 e. The topological polar surface area (TPSA) is 124 Å². The molecule has 152 valence electrons. The third kappa shape index (κ3) is 5.18. The van der Waals surface area contributed by atoms with Gasteiger partial charge >= 0.3 is 0 Å². The monoisotopic (exact) mass is 440 g/mol. The first-order chi connectivity index (χ1) is 14.2. The van der Waals surface area contributed by atoms with Crippen LogP contribution in [0.5, 0.6) is 0 Å². The van der Waals surface area contributed by atoms with Crippen LogP contribution in [-0.4, -0.2) is 33.4 Å². The van der Waals surface area contributed by atoms with E-state index < -0.39 is 41.2 Å². The highest BCUT2D eigenvalue weighted by Gasteiger charge is 2.26. The maximum absolute atomic E-state index is 12.6. The molecule has 0 fully saturated rings. The molecule has 3 aromatic rings. The van der Waals surface area contributed by atoms with E-state index in [1.165, 1.54) is 24.3 Å². The summed E-state index contributed by atoms with van der Waals surface area (Å²) in [6.45, 7) is 0. The van der Waals surface area contributed by atoms with Crippen LogP contribution in [0.15, 0.2) is 82.8 Å². The fourth-order valence-electron chi connectivity index (χ4n) is 2.60. The zero-order valence-electron chi connectivity index (χ0n) is 15.5. The summed E-state index contributed by atoms with van der Waals surface area (Å²) in [5, 5.41) is 5.09. The lowest BCUT2D eigenvalue weighted by Crippen LogP contribution is -2.21. The molecule has 0 saturated heterocycles. The molecule has 0 aliphatic rings. The highest BCUT2D eigenvalue weighted by atomic mass is 32.2. The molecule has 1 aromatic heterocycles. The maximum atomic E-state index is 12.6. The summed E-state index contributed by atoms with van der Waals surface area (Å²) in [4.78, 5) is 15.4. The van der Waals surface area contributed by atoms with Crippen LogP contribution in [0.4, 0.5) is 0 Å². The van der Waals surface area contributed by atoms with Gasteiger partial charge in [-0.3, -0.25) is 9.78 Å². The summed E-state index contributed by atoms with van der Waals surface area (Å²) >= 11 is 0. The third-order valence-corrected chi connectivity index (χ3v) is 6.80. The quantitative estimate of drug-likeness (QED) is 0.476. The lowest BCUT2D eigenvalue weighted by atomic mass is 10.1. The Bertz CT molecular complexity index is 1350. The molecule has 7 nitrogen and oxygen atoms in total. The van der Waals surface area contributed by atoms with Crippen molar-refractivity contribution in [1.29, 1.82) is 0 Å². The van der Waals surface area contributed by atoms with Gasteiger partial charge in [-0.1, -0.05) is 36.1 Å². The van der Waals surface area contributed by atoms with E-state index in [2.05, 4.69) is 16.8 Å². The number of carbonyl (C=O) groups excluding carboxylic acids is 1. The van der Waals surface area contributed by atoms with Gasteiger partial charge in [0.15, 0.2) is 15.6 Å². The Balaban J connectivity index is 1.81. The normalized spacial score (nSPS) is 11.4. The molecule has 0 radical (unpaired) electrons. The van der Waals surface area contributed by atoms with Crippen LogP contribution >= 0.6 is 0 Å². The summed E-state index contributed by atoms with van der Waals surface area (Å²) in [7, 11) is -8.48. The number of sulfonamides is 1. The van der Waals surface area contributed by atoms with Crippen molar-refractivity contribution >= 4 is 25.6 Å². The highest BCUT2D eigenvalue weighted by Crippen LogP contribution is 2.21. The number of ketones is 1. The summed E-state index contributed by atoms with van der Waals surface area (Å²) in [6.07, 6.45) is 3.26. The molecule has 0 aliphatic heterocycles. The summed E-state index contributed by atoms with van der Waals surface area (Å²) in [6, 6.07) is 14.6. The van der Waals surface area contributed by atoms with Crippen molar-refractivity contribution in [3.8, 4) is 11.8 Å². The van der Waals surface area contributed by atoms with Gasteiger partial charge in [0.1, 0.15) is 10.6 Å². The molecule has 1 heterocycles. The van der Waals surface area contributed by atoms with Crippen LogP contribution in [0, 0.1) is 11.8 Å². The summed E-state index contributed by atoms with van der Waals surface area (Å²) < 4.78 is 48.6. The lowest BCUT2D eigenvalue weighted by Gasteiger charge is -2.08. The molecule has 30 heavy (non-hydrogen) atoms. The van der Waals surface area contributed by atoms with E-state index in [1.807, 2.05) is 6.07 Å². The summed E-state index contributed by atoms with van der Waals surface area (Å²) in [5.41, 5.74) is 1.54. The number of aromatic nitrogens is 1. The number of nitrogens with zero attached hydrogens (tertiary/aromatic N) is 1. The van der Waals surface area contributed by atoms with Gasteiger partial charge < -0.3 is 0 Å². The van der Waals surface area contributed by atoms with Gasteiger partial charge in [-0.2, -0.15) is 0 Å². The standard InChI is InChI=1S/C21H16N2O5S2/c22-30(27,28)21-6-2-1-5-20(21)29(25,26)15-19(24)18-11-9-16(10-12-18)7-8-17-4-3-13-23-14-17/h1-6,9-14H,15H2,(H2,22,27,28). The zero-order valence-corrected chi connectivity index (χ0v) is 17.2. The van der Waals surface area contributed by atoms with E-state index in [0.717, 1.165) is 17.7 Å². The number of nitrogens with two attached hydrogens (primary N) is 1. The van der Waals surface area contributed by atoms with Gasteiger partial charge in [0, 0.05) is 29.1 Å². The molecular weight excluding hydrogens is 424 g/mol. The van der Waals surface area contributed by atoms with Crippen LogP contribution in [0.2, 0.25) is 0 Å². The van der Waals surface area contributed by atoms with Gasteiger partial charge in [0.25, 0.3) is 0 Å². The molecule has 3 rings (SSSR count). The number of carbonyl (C=O) groups is 1. The molecule has 0 spiro atoms. The highest BCUT2D eigenvalue weighted by molar-refractivity contribution is 7.94. The second-order valence-corrected chi connectivity index (χ2v) is 9.73. The molecular formula is C21H16N2O5S2. The molecule has 0 amide bonds. The van der Waals surface area contributed by atoms with Crippen LogP contribution in [0.3, 0.4) is 0 Å². The van der Waals surface area contributed by atoms with Crippen molar-refractivity contribution in [2.75, 3.05) is 5.75 Å². The van der Waals surface area contributed by atoms with Crippen molar-refractivity contribution in [1.82, 2.24) is 4.98 Å². The number of benzene rings is 2. The van der Waals surface area contributed by atoms with Crippen LogP contribution in [0.25, 0.3) is 0 Å². The number of pyridine rings is 1. The number of Topliss-reactive ketones (excluding diaryl/α,β-unsaturated/α-hetero) is 1. The van der Waals surface area contributed by atoms with E-state index in [1.54, 1.807) is 30.6 Å². The average molecular weight is 441 g/mol. The summed E-state index contributed by atoms with van der Waals surface area (Å²) in [5.74, 6) is 4.29. The second-order valence-electron chi connectivity index (χ2n) is 6.24. The van der Waals surface area contributed by atoms with Crippen LogP contribution in [-0.2, 0) is 19.9 Å². The molecule has 0 atom stereocenters. The van der Waals surface area contributed by atoms with E-state index in [9.17, 15) is 21.6 Å². The number of rotatable bonds is 5. The Hall–Kier alpha value is -3.32. The Morgan fingerprint density at radius 3 is 2.07 bits per heavy atom. The SMILES string of the molecule is NS(=O)(=O)c1ccccc1S(=O)(=O)CC(=O)c1ccc(C#Cc2cccnc2)cc1. The lowest BCUT2D eigenvalue weighted by molar-refractivity contribution is 0.102. The smallest absolute Gasteiger partial charge is 0.239 e. The molecule has 0 bridgehead atoms. The van der Waals surface area contributed by atoms with Crippen molar-refractivity contribution in [2.45, 2.75) is 9.79 Å². The number of primary sulfonamides is 1. The number of hydrogen-bond acceptors (Lipinski definition) is 6. The van der Waals surface area contributed by atoms with E-state index in [0.29, 0.717) is 5.56 Å². The van der Waals surface area contributed by atoms with Gasteiger partial charge in [-0.05, 0) is 36.4 Å². The molecule has 0 unspecified atom stereocenters. The fourth-order valence-corrected chi connectivity index (χ4v) is 5.27. The number of hydrogen-bond donors (Lipinski definition) is 1. The van der Waals surface area contributed by atoms with Crippen molar-refractivity contribution in [3.05, 3.63) is 89.7 Å². The van der Waals surface area contributed by atoms with E-state index in [-0.39, 0.29) is 5.56 Å². The fraction of sp³-hybridized carbons (Fsp3) is 0.0476. The van der Waals surface area contributed by atoms with Crippen LogP contribution in [0.1, 0.15) is 21.5 Å². The van der Waals surface area contributed by atoms with Crippen molar-refractivity contribution in [2.24, 2.45) is 5.14 Å². The predicted molar refractivity (Wildman–Crippen MR) is 111 cm³/mol. The zero-order chi connectivity index (χ0) is 21.8. The number of sulfone groups is 1. The van der Waals surface area contributed by atoms with Gasteiger partial charge in [-0.25, -0.2) is 22.0 Å². The van der Waals surface area contributed by atoms with Crippen LogP contribution < -0.4 is 5.14 Å². The minimum atomic E-state index is -4.26. The molecule has 0 aliphatic carbocycles. The predicted octanol–water partition coefficient (Wildman–Crippen LogP) is 1.79.